The van der Waals surface area contributed by atoms with E-state index in [1.807, 2.05) is 61.5 Å². The van der Waals surface area contributed by atoms with Crippen molar-refractivity contribution in [3.8, 4) is 5.69 Å². The molecule has 0 aliphatic carbocycles. The number of rotatable bonds is 5. The molecule has 0 N–H and O–H groups in total. The Morgan fingerprint density at radius 2 is 1.90 bits per heavy atom. The Labute approximate surface area is 236 Å². The van der Waals surface area contributed by atoms with Crippen LogP contribution < -0.4 is 4.90 Å². The highest BCUT2D eigenvalue weighted by Gasteiger charge is 2.42. The molecule has 2 saturated heterocycles. The second-order valence-corrected chi connectivity index (χ2v) is 12.3. The summed E-state index contributed by atoms with van der Waals surface area (Å²) in [5.41, 5.74) is 4.32. The van der Waals surface area contributed by atoms with Crippen molar-refractivity contribution >= 4 is 28.8 Å². The molecule has 40 heavy (non-hydrogen) atoms. The van der Waals surface area contributed by atoms with Crippen molar-refractivity contribution in [1.29, 1.82) is 0 Å². The largest absolute Gasteiger partial charge is 0.461 e. The molecular formula is C31H41N5O4. The molecule has 0 spiro atoms. The highest BCUT2D eigenvalue weighted by atomic mass is 16.6. The van der Waals surface area contributed by atoms with Crippen LogP contribution in [0.5, 0.6) is 0 Å². The van der Waals surface area contributed by atoms with E-state index >= 15 is 0 Å². The predicted molar refractivity (Wildman–Crippen MR) is 155 cm³/mol. The molecule has 9 heteroatoms. The average Bonchev–Trinajstić information content (AvgIpc) is 3.49. The fourth-order valence-electron chi connectivity index (χ4n) is 5.98. The molecule has 1 aromatic carbocycles. The average molecular weight is 548 g/mol. The van der Waals surface area contributed by atoms with Crippen molar-refractivity contribution in [3.05, 3.63) is 47.3 Å². The minimum absolute atomic E-state index is 0.146. The number of hydrogen-bond acceptors (Lipinski definition) is 7. The fourth-order valence-corrected chi connectivity index (χ4v) is 5.98. The van der Waals surface area contributed by atoms with Crippen LogP contribution in [0.15, 0.2) is 30.3 Å². The zero-order valence-electron chi connectivity index (χ0n) is 24.7. The number of amides is 1. The van der Waals surface area contributed by atoms with Crippen molar-refractivity contribution in [3.63, 3.8) is 0 Å². The summed E-state index contributed by atoms with van der Waals surface area (Å²) in [6.45, 7) is 16.3. The monoisotopic (exact) mass is 547 g/mol. The minimum atomic E-state index is -0.521. The van der Waals surface area contributed by atoms with E-state index in [9.17, 15) is 9.59 Å². The lowest BCUT2D eigenvalue weighted by molar-refractivity contribution is 0.0194. The molecule has 2 atom stereocenters. The summed E-state index contributed by atoms with van der Waals surface area (Å²) >= 11 is 0. The molecule has 9 nitrogen and oxygen atoms in total. The lowest BCUT2D eigenvalue weighted by Crippen LogP contribution is -2.48. The highest BCUT2D eigenvalue weighted by molar-refractivity contribution is 5.99. The van der Waals surface area contributed by atoms with Crippen LogP contribution in [0.4, 0.5) is 10.5 Å². The Kier molecular flexibility index (Phi) is 7.50. The smallest absolute Gasteiger partial charge is 0.410 e. The van der Waals surface area contributed by atoms with Crippen molar-refractivity contribution in [2.45, 2.75) is 78.9 Å². The molecule has 0 radical (unpaired) electrons. The Hall–Kier alpha value is -3.62. The zero-order valence-corrected chi connectivity index (χ0v) is 24.7. The first-order valence-corrected chi connectivity index (χ1v) is 14.4. The number of carbonyl (C=O) groups is 2. The molecule has 4 heterocycles. The van der Waals surface area contributed by atoms with E-state index in [1.165, 1.54) is 0 Å². The molecule has 1 amide bonds. The molecule has 2 fully saturated rings. The predicted octanol–water partition coefficient (Wildman–Crippen LogP) is 5.86. The van der Waals surface area contributed by atoms with Gasteiger partial charge in [-0.05, 0) is 83.1 Å². The van der Waals surface area contributed by atoms with Gasteiger partial charge in [-0.3, -0.25) is 0 Å². The van der Waals surface area contributed by atoms with Gasteiger partial charge in [0.2, 0.25) is 0 Å². The summed E-state index contributed by atoms with van der Waals surface area (Å²) in [6.07, 6.45) is 1.51. The van der Waals surface area contributed by atoms with Crippen LogP contribution in [-0.2, 0) is 9.47 Å². The van der Waals surface area contributed by atoms with Crippen LogP contribution in [0.25, 0.3) is 16.7 Å². The number of hydrogen-bond donors (Lipinski definition) is 0. The summed E-state index contributed by atoms with van der Waals surface area (Å²) in [4.78, 5) is 35.0. The number of aryl methyl sites for hydroxylation is 1. The number of ether oxygens (including phenoxy) is 2. The number of piperidine rings is 1. The van der Waals surface area contributed by atoms with Crippen molar-refractivity contribution in [2.75, 3.05) is 31.1 Å². The second-order valence-electron chi connectivity index (χ2n) is 12.3. The summed E-state index contributed by atoms with van der Waals surface area (Å²) in [5, 5.41) is 6.01. The van der Waals surface area contributed by atoms with Crippen LogP contribution in [0.1, 0.15) is 82.0 Å². The number of anilines is 1. The van der Waals surface area contributed by atoms with Crippen LogP contribution >= 0.6 is 0 Å². The molecule has 214 valence electrons. The van der Waals surface area contributed by atoms with Crippen molar-refractivity contribution in [2.24, 2.45) is 5.92 Å². The van der Waals surface area contributed by atoms with Gasteiger partial charge in [0.25, 0.3) is 0 Å². The van der Waals surface area contributed by atoms with Gasteiger partial charge in [0.15, 0.2) is 11.3 Å². The Balaban J connectivity index is 1.57. The summed E-state index contributed by atoms with van der Waals surface area (Å²) in [5.74, 6) is 0.0136. The standard InChI is InChI=1S/C31H41N5O4/c1-8-39-29(37)23-17-25(34-14-13-24-21(18-34)12-15-35(24)30(38)40-31(5,6)7)26-27(19(2)3)33-36(28(26)32-23)22-11-9-10-20(4)16-22/h9-11,16-17,19,21,24H,8,12-15,18H2,1-7H3. The van der Waals surface area contributed by atoms with E-state index in [4.69, 9.17) is 19.6 Å². The van der Waals surface area contributed by atoms with Crippen LogP contribution in [0.2, 0.25) is 0 Å². The second kappa shape index (κ2) is 10.7. The lowest BCUT2D eigenvalue weighted by atomic mass is 9.92. The maximum absolute atomic E-state index is 13.0. The summed E-state index contributed by atoms with van der Waals surface area (Å²) in [6, 6.07) is 10.2. The van der Waals surface area contributed by atoms with E-state index in [0.29, 0.717) is 18.1 Å². The van der Waals surface area contributed by atoms with E-state index in [0.717, 1.165) is 53.9 Å². The first kappa shape index (κ1) is 27.9. The first-order valence-electron chi connectivity index (χ1n) is 14.4. The van der Waals surface area contributed by atoms with Crippen molar-refractivity contribution in [1.82, 2.24) is 19.7 Å². The van der Waals surface area contributed by atoms with Gasteiger partial charge in [-0.2, -0.15) is 5.10 Å². The Bertz CT molecular complexity index is 1420. The molecular weight excluding hydrogens is 506 g/mol. The van der Waals surface area contributed by atoms with Gasteiger partial charge < -0.3 is 19.3 Å². The molecule has 5 rings (SSSR count). The molecule has 0 bridgehead atoms. The number of fused-ring (bicyclic) bond motifs is 2. The minimum Gasteiger partial charge on any atom is -0.461 e. The molecule has 2 unspecified atom stereocenters. The number of benzene rings is 1. The first-order chi connectivity index (χ1) is 19.0. The molecule has 0 saturated carbocycles. The molecule has 2 aliphatic heterocycles. The van der Waals surface area contributed by atoms with E-state index in [2.05, 4.69) is 24.8 Å². The number of likely N-dealkylation sites (tertiary alicyclic amines) is 1. The van der Waals surface area contributed by atoms with Crippen LogP contribution in [0, 0.1) is 12.8 Å². The third-order valence-corrected chi connectivity index (χ3v) is 7.73. The fraction of sp³-hybridized carbons (Fsp3) is 0.548. The third-order valence-electron chi connectivity index (χ3n) is 7.73. The molecule has 2 aliphatic rings. The molecule has 2 aromatic heterocycles. The number of aromatic nitrogens is 3. The highest BCUT2D eigenvalue weighted by Crippen LogP contribution is 2.39. The zero-order chi connectivity index (χ0) is 28.8. The quantitative estimate of drug-likeness (QED) is 0.369. The SMILES string of the molecule is CCOC(=O)c1cc(N2CCC3C(CCN3C(=O)OC(C)(C)C)C2)c2c(C(C)C)nn(-c3cccc(C)c3)c2n1. The van der Waals surface area contributed by atoms with Gasteiger partial charge in [0, 0.05) is 25.7 Å². The lowest BCUT2D eigenvalue weighted by Gasteiger charge is -2.39. The third kappa shape index (κ3) is 5.38. The topological polar surface area (TPSA) is 89.8 Å². The molecule has 3 aromatic rings. The number of esters is 1. The number of pyridine rings is 1. The summed E-state index contributed by atoms with van der Waals surface area (Å²) < 4.78 is 12.9. The van der Waals surface area contributed by atoms with Gasteiger partial charge in [0.1, 0.15) is 5.60 Å². The summed E-state index contributed by atoms with van der Waals surface area (Å²) in [7, 11) is 0. The number of carbonyl (C=O) groups excluding carboxylic acids is 2. The van der Waals surface area contributed by atoms with Gasteiger partial charge in [-0.15, -0.1) is 0 Å². The van der Waals surface area contributed by atoms with E-state index in [-0.39, 0.29) is 30.4 Å². The van der Waals surface area contributed by atoms with Crippen LogP contribution in [0.3, 0.4) is 0 Å². The van der Waals surface area contributed by atoms with Gasteiger partial charge in [0.05, 0.1) is 29.1 Å². The van der Waals surface area contributed by atoms with Gasteiger partial charge >= 0.3 is 12.1 Å². The number of nitrogens with zero attached hydrogens (tertiary/aromatic N) is 5. The van der Waals surface area contributed by atoms with Crippen LogP contribution in [-0.4, -0.2) is 69.6 Å². The normalized spacial score (nSPS) is 19.3. The van der Waals surface area contributed by atoms with Gasteiger partial charge in [-0.25, -0.2) is 19.3 Å². The van der Waals surface area contributed by atoms with Gasteiger partial charge in [-0.1, -0.05) is 26.0 Å². The Morgan fingerprint density at radius 1 is 1.12 bits per heavy atom. The maximum Gasteiger partial charge on any atom is 0.410 e. The van der Waals surface area contributed by atoms with Crippen molar-refractivity contribution < 1.29 is 19.1 Å². The maximum atomic E-state index is 13.0. The van der Waals surface area contributed by atoms with E-state index in [1.54, 1.807) is 6.92 Å². The Morgan fingerprint density at radius 3 is 2.58 bits per heavy atom. The van der Waals surface area contributed by atoms with E-state index < -0.39 is 11.6 Å².